The number of likely N-dealkylation sites (tertiary alicyclic amines) is 1. The lowest BCUT2D eigenvalue weighted by Crippen LogP contribution is -2.48. The molecule has 1 aromatic heterocycles. The second-order valence-corrected chi connectivity index (χ2v) is 6.41. The van der Waals surface area contributed by atoms with Crippen LogP contribution < -0.4 is 0 Å². The fourth-order valence-electron chi connectivity index (χ4n) is 3.60. The summed E-state index contributed by atoms with van der Waals surface area (Å²) in [6.07, 6.45) is 10.1. The summed E-state index contributed by atoms with van der Waals surface area (Å²) in [6.45, 7) is 0.564. The number of amides is 1. The zero-order valence-electron chi connectivity index (χ0n) is 13.6. The lowest BCUT2D eigenvalue weighted by atomic mass is 9.96. The Morgan fingerprint density at radius 3 is 2.61 bits per heavy atom. The van der Waals surface area contributed by atoms with E-state index in [1.165, 1.54) is 26.4 Å². The monoisotopic (exact) mass is 320 g/mol. The van der Waals surface area contributed by atoms with Crippen LogP contribution in [0.25, 0.3) is 0 Å². The SMILES string of the molecule is COC(=O)[C@@H]1CCCCN1C(=O)c1cn(C2CCCCC2)nn1. The van der Waals surface area contributed by atoms with Crippen LogP contribution in [0.1, 0.15) is 67.9 Å². The highest BCUT2D eigenvalue weighted by molar-refractivity contribution is 5.95. The van der Waals surface area contributed by atoms with Gasteiger partial charge >= 0.3 is 5.97 Å². The van der Waals surface area contributed by atoms with Crippen molar-refractivity contribution in [1.82, 2.24) is 19.9 Å². The molecular formula is C16H24N4O3. The first-order chi connectivity index (χ1) is 11.2. The Kier molecular flexibility index (Phi) is 4.93. The molecular weight excluding hydrogens is 296 g/mol. The molecule has 1 aliphatic carbocycles. The first kappa shape index (κ1) is 16.0. The summed E-state index contributed by atoms with van der Waals surface area (Å²) >= 11 is 0. The van der Waals surface area contributed by atoms with Crippen molar-refractivity contribution in [3.8, 4) is 0 Å². The van der Waals surface area contributed by atoms with Gasteiger partial charge < -0.3 is 9.64 Å². The van der Waals surface area contributed by atoms with Crippen LogP contribution in [-0.2, 0) is 9.53 Å². The van der Waals surface area contributed by atoms with Gasteiger partial charge in [-0.25, -0.2) is 9.48 Å². The van der Waals surface area contributed by atoms with E-state index < -0.39 is 6.04 Å². The minimum Gasteiger partial charge on any atom is -0.467 e. The van der Waals surface area contributed by atoms with Crippen molar-refractivity contribution in [3.05, 3.63) is 11.9 Å². The molecule has 126 valence electrons. The molecule has 0 bridgehead atoms. The van der Waals surface area contributed by atoms with Crippen LogP contribution >= 0.6 is 0 Å². The third kappa shape index (κ3) is 3.38. The number of esters is 1. The number of rotatable bonds is 3. The van der Waals surface area contributed by atoms with Crippen LogP contribution in [0.3, 0.4) is 0 Å². The first-order valence-electron chi connectivity index (χ1n) is 8.51. The topological polar surface area (TPSA) is 77.3 Å². The van der Waals surface area contributed by atoms with Gasteiger partial charge in [0.15, 0.2) is 5.69 Å². The zero-order valence-corrected chi connectivity index (χ0v) is 13.6. The fraction of sp³-hybridized carbons (Fsp3) is 0.750. The van der Waals surface area contributed by atoms with E-state index in [4.69, 9.17) is 4.74 Å². The second-order valence-electron chi connectivity index (χ2n) is 6.41. The molecule has 2 heterocycles. The van der Waals surface area contributed by atoms with Crippen LogP contribution in [-0.4, -0.2) is 51.5 Å². The van der Waals surface area contributed by atoms with E-state index in [9.17, 15) is 9.59 Å². The molecule has 3 rings (SSSR count). The van der Waals surface area contributed by atoms with Gasteiger partial charge in [-0.15, -0.1) is 5.10 Å². The Morgan fingerprint density at radius 1 is 1.13 bits per heavy atom. The van der Waals surface area contributed by atoms with Crippen molar-refractivity contribution < 1.29 is 14.3 Å². The fourth-order valence-corrected chi connectivity index (χ4v) is 3.60. The normalized spacial score (nSPS) is 22.8. The second kappa shape index (κ2) is 7.10. The highest BCUT2D eigenvalue weighted by Crippen LogP contribution is 2.27. The summed E-state index contributed by atoms with van der Waals surface area (Å²) in [5.41, 5.74) is 0.325. The van der Waals surface area contributed by atoms with Crippen LogP contribution in [0.4, 0.5) is 0 Å². The summed E-state index contributed by atoms with van der Waals surface area (Å²) in [7, 11) is 1.36. The third-order valence-electron chi connectivity index (χ3n) is 4.92. The third-order valence-corrected chi connectivity index (χ3v) is 4.92. The van der Waals surface area contributed by atoms with Crippen LogP contribution in [0.15, 0.2) is 6.20 Å². The molecule has 1 amide bonds. The van der Waals surface area contributed by atoms with E-state index >= 15 is 0 Å². The molecule has 23 heavy (non-hydrogen) atoms. The molecule has 0 spiro atoms. The predicted molar refractivity (Wildman–Crippen MR) is 82.8 cm³/mol. The van der Waals surface area contributed by atoms with Crippen LogP contribution in [0.5, 0.6) is 0 Å². The maximum absolute atomic E-state index is 12.7. The summed E-state index contributed by atoms with van der Waals surface area (Å²) < 4.78 is 6.66. The number of carbonyl (C=O) groups is 2. The number of hydrogen-bond donors (Lipinski definition) is 0. The van der Waals surface area contributed by atoms with Crippen molar-refractivity contribution in [3.63, 3.8) is 0 Å². The lowest BCUT2D eigenvalue weighted by molar-refractivity contribution is -0.147. The average molecular weight is 320 g/mol. The Bertz CT molecular complexity index is 565. The van der Waals surface area contributed by atoms with Crippen LogP contribution in [0.2, 0.25) is 0 Å². The molecule has 0 N–H and O–H groups in total. The zero-order chi connectivity index (χ0) is 16.2. The van der Waals surface area contributed by atoms with Gasteiger partial charge in [0.05, 0.1) is 19.3 Å². The van der Waals surface area contributed by atoms with E-state index in [2.05, 4.69) is 10.3 Å². The van der Waals surface area contributed by atoms with E-state index in [1.54, 1.807) is 11.1 Å². The molecule has 1 saturated heterocycles. The smallest absolute Gasteiger partial charge is 0.328 e. The Hall–Kier alpha value is -1.92. The van der Waals surface area contributed by atoms with E-state index in [-0.39, 0.29) is 11.9 Å². The van der Waals surface area contributed by atoms with E-state index in [0.717, 1.165) is 25.7 Å². The van der Waals surface area contributed by atoms with Crippen LogP contribution in [0, 0.1) is 0 Å². The van der Waals surface area contributed by atoms with Gasteiger partial charge in [0.2, 0.25) is 0 Å². The van der Waals surface area contributed by atoms with Gasteiger partial charge in [-0.3, -0.25) is 4.79 Å². The molecule has 0 unspecified atom stereocenters. The maximum atomic E-state index is 12.7. The van der Waals surface area contributed by atoms with E-state index in [1.807, 2.05) is 4.68 Å². The van der Waals surface area contributed by atoms with Gasteiger partial charge in [0.25, 0.3) is 5.91 Å². The van der Waals surface area contributed by atoms with Crippen molar-refractivity contribution in [2.75, 3.05) is 13.7 Å². The highest BCUT2D eigenvalue weighted by atomic mass is 16.5. The van der Waals surface area contributed by atoms with E-state index in [0.29, 0.717) is 24.7 Å². The van der Waals surface area contributed by atoms with Crippen molar-refractivity contribution in [2.24, 2.45) is 0 Å². The Labute approximate surface area is 136 Å². The van der Waals surface area contributed by atoms with Gasteiger partial charge in [0, 0.05) is 6.54 Å². The molecule has 2 aliphatic rings. The molecule has 1 atom stereocenters. The van der Waals surface area contributed by atoms with Crippen molar-refractivity contribution in [2.45, 2.75) is 63.5 Å². The number of nitrogens with zero attached hydrogens (tertiary/aromatic N) is 4. The number of aromatic nitrogens is 3. The molecule has 2 fully saturated rings. The number of methoxy groups -OCH3 is 1. The minimum absolute atomic E-state index is 0.220. The molecule has 1 aromatic rings. The molecule has 0 radical (unpaired) electrons. The molecule has 1 aliphatic heterocycles. The highest BCUT2D eigenvalue weighted by Gasteiger charge is 2.34. The summed E-state index contributed by atoms with van der Waals surface area (Å²) in [5, 5.41) is 8.20. The van der Waals surface area contributed by atoms with Crippen molar-refractivity contribution in [1.29, 1.82) is 0 Å². The number of carbonyl (C=O) groups excluding carboxylic acids is 2. The maximum Gasteiger partial charge on any atom is 0.328 e. The Morgan fingerprint density at radius 2 is 1.87 bits per heavy atom. The number of piperidine rings is 1. The standard InChI is InChI=1S/C16H24N4O3/c1-23-16(22)14-9-5-6-10-19(14)15(21)13-11-20(18-17-13)12-7-3-2-4-8-12/h11-12,14H,2-10H2,1H3/t14-/m0/s1. The number of hydrogen-bond acceptors (Lipinski definition) is 5. The quantitative estimate of drug-likeness (QED) is 0.796. The van der Waals surface area contributed by atoms with Crippen molar-refractivity contribution >= 4 is 11.9 Å². The van der Waals surface area contributed by atoms with Gasteiger partial charge in [-0.05, 0) is 32.1 Å². The predicted octanol–water partition coefficient (Wildman–Crippen LogP) is 1.95. The molecule has 1 saturated carbocycles. The lowest BCUT2D eigenvalue weighted by Gasteiger charge is -2.33. The Balaban J connectivity index is 1.73. The minimum atomic E-state index is -0.499. The summed E-state index contributed by atoms with van der Waals surface area (Å²) in [5.74, 6) is -0.570. The summed E-state index contributed by atoms with van der Waals surface area (Å²) in [6, 6.07) is -0.156. The molecule has 7 heteroatoms. The molecule has 0 aromatic carbocycles. The summed E-state index contributed by atoms with van der Waals surface area (Å²) in [4.78, 5) is 26.2. The average Bonchev–Trinajstić information content (AvgIpc) is 3.11. The number of ether oxygens (including phenoxy) is 1. The largest absolute Gasteiger partial charge is 0.467 e. The first-order valence-corrected chi connectivity index (χ1v) is 8.51. The van der Waals surface area contributed by atoms with Gasteiger partial charge in [0.1, 0.15) is 6.04 Å². The van der Waals surface area contributed by atoms with Gasteiger partial charge in [-0.2, -0.15) is 0 Å². The van der Waals surface area contributed by atoms with Gasteiger partial charge in [-0.1, -0.05) is 24.5 Å². The molecule has 7 nitrogen and oxygen atoms in total.